The molecule has 27 rings (SSSR count). The predicted molar refractivity (Wildman–Crippen MR) is 596 cm³/mol. The van der Waals surface area contributed by atoms with E-state index in [1.54, 1.807) is 0 Å². The molecule has 0 N–H and O–H groups in total. The van der Waals surface area contributed by atoms with E-state index in [0.717, 1.165) is 193 Å². The van der Waals surface area contributed by atoms with Crippen LogP contribution in [0.15, 0.2) is 441 Å². The molecule has 0 saturated carbocycles. The van der Waals surface area contributed by atoms with Crippen LogP contribution in [-0.2, 0) is 18.6 Å². The van der Waals surface area contributed by atoms with Crippen molar-refractivity contribution in [2.45, 2.75) is 77.8 Å². The van der Waals surface area contributed by atoms with E-state index in [1.807, 2.05) is 133 Å². The van der Waals surface area contributed by atoms with E-state index in [0.29, 0.717) is 33.5 Å². The Hall–Kier alpha value is -16.2. The van der Waals surface area contributed by atoms with Crippen LogP contribution in [0.3, 0.4) is 0 Å². The molecule has 0 bridgehead atoms. The second-order valence-corrected chi connectivity index (χ2v) is 39.4. The van der Waals surface area contributed by atoms with Crippen molar-refractivity contribution >= 4 is 170 Å². The van der Waals surface area contributed by atoms with Crippen LogP contribution in [0.2, 0.25) is 15.7 Å². The summed E-state index contributed by atoms with van der Waals surface area (Å²) in [5.41, 5.74) is 28.5. The van der Waals surface area contributed by atoms with E-state index < -0.39 is 0 Å². The van der Waals surface area contributed by atoms with Gasteiger partial charge in [-0.1, -0.05) is 370 Å². The normalized spacial score (nSPS) is 13.9. The van der Waals surface area contributed by atoms with Crippen molar-refractivity contribution in [3.63, 3.8) is 0 Å². The lowest BCUT2D eigenvalue weighted by molar-refractivity contribution is 0.00578. The molecule has 2 saturated heterocycles. The molecule has 708 valence electrons. The first-order valence-corrected chi connectivity index (χ1v) is 49.6. The number of rotatable bonds is 12. The van der Waals surface area contributed by atoms with Gasteiger partial charge in [0.15, 0.2) is 5.82 Å². The van der Waals surface area contributed by atoms with Gasteiger partial charge in [-0.3, -0.25) is 0 Å². The molecule has 0 radical (unpaired) electrons. The first-order valence-electron chi connectivity index (χ1n) is 48.5. The molecule has 2 aliphatic heterocycles. The van der Waals surface area contributed by atoms with Gasteiger partial charge in [0, 0.05) is 65.5 Å². The molecule has 20 heteroatoms. The molecule has 15 nitrogen and oxygen atoms in total. The minimum Gasteiger partial charge on any atom is -0.455 e. The highest BCUT2D eigenvalue weighted by Gasteiger charge is 2.53. The van der Waals surface area contributed by atoms with Gasteiger partial charge >= 0.3 is 14.2 Å². The monoisotopic (exact) mass is 1960 g/mol. The van der Waals surface area contributed by atoms with Crippen LogP contribution >= 0.6 is 34.8 Å². The minimum absolute atomic E-state index is 0.0894. The first kappa shape index (κ1) is 93.5. The second kappa shape index (κ2) is 38.8. The Balaban J connectivity index is 0.000000107. The molecule has 0 aliphatic carbocycles. The summed E-state index contributed by atoms with van der Waals surface area (Å²) >= 11 is 17.8. The third kappa shape index (κ3) is 18.3. The fourth-order valence-corrected chi connectivity index (χ4v) is 19.7. The standard InChI is InChI=1S/C46H28N2O2.C30H27BO3.C22H13ClN2O.C18H21BO2.C10H4Cl2N2O/c1-2-12-29(13-3-1)30-14-9-18-34(27-30)43-42-39-21-5-7-25-41(39)50-46(42)48-45(47-43)35-19-10-16-32(28-35)31-15-8-17-33(26-31)36-22-11-23-38-37-20-4-6-24-40(37)49-44(36)38;1-29(2)30(3,4)34-31(33-29)23-13-8-11-21(19-23)20-10-7-12-22(18-20)24-15-9-16-26-25-14-5-6-17-27(25)32-28(24)26;23-22-24-20(19-17-11-4-5-12-18(17)26-21(19)25-22)16-10-6-9-15(13-16)14-7-2-1-3-8-14;1-17(2)18(3,4)21-19(20-17)16-12-8-11-15(13-16)14-9-6-5-7-10-14;11-8-7-5-3-1-2-4-6(5)15-9(7)14-10(12)13-8/h1-28H;5-19H,1-4H3;1-13H;5-13H,1-4H3;1-4H. The quantitative estimate of drug-likeness (QED) is 0.0640. The number of nitrogens with zero attached hydrogens (tertiary/aromatic N) is 6. The molecular formula is C126H93B2Cl3N6O9. The van der Waals surface area contributed by atoms with Crippen LogP contribution in [0.25, 0.3) is 222 Å². The number of aromatic nitrogens is 6. The zero-order valence-corrected chi connectivity index (χ0v) is 83.3. The van der Waals surface area contributed by atoms with Crippen LogP contribution in [0.4, 0.5) is 0 Å². The summed E-state index contributed by atoms with van der Waals surface area (Å²) in [6, 6.07) is 143. The van der Waals surface area contributed by atoms with Gasteiger partial charge in [0.1, 0.15) is 44.2 Å². The molecule has 8 aromatic heterocycles. The lowest BCUT2D eigenvalue weighted by atomic mass is 9.78. The average Bonchev–Trinajstić information content (AvgIpc) is 1.56. The number of benzene rings is 17. The first-order chi connectivity index (χ1) is 71.0. The third-order valence-electron chi connectivity index (χ3n) is 28.0. The number of hydrogen-bond acceptors (Lipinski definition) is 15. The number of fused-ring (bicyclic) bond motifs is 15. The van der Waals surface area contributed by atoms with E-state index in [1.165, 1.54) is 11.1 Å². The van der Waals surface area contributed by atoms with Crippen molar-refractivity contribution in [2.24, 2.45) is 0 Å². The molecular weight excluding hydrogens is 1870 g/mol. The molecule has 0 atom stereocenters. The van der Waals surface area contributed by atoms with Crippen molar-refractivity contribution in [2.75, 3.05) is 0 Å². The molecule has 0 amide bonds. The summed E-state index contributed by atoms with van der Waals surface area (Å²) < 4.78 is 55.2. The number of para-hydroxylation sites is 7. The summed E-state index contributed by atoms with van der Waals surface area (Å²) in [6.07, 6.45) is 0. The Kier molecular flexibility index (Phi) is 24.9. The molecule has 0 unspecified atom stereocenters. The Labute approximate surface area is 858 Å². The predicted octanol–water partition coefficient (Wildman–Crippen LogP) is 33.5. The Morgan fingerprint density at radius 2 is 0.473 bits per heavy atom. The number of furan rings is 5. The molecule has 0 spiro atoms. The molecule has 2 fully saturated rings. The number of halogens is 3. The summed E-state index contributed by atoms with van der Waals surface area (Å²) in [4.78, 5) is 26.9. The van der Waals surface area contributed by atoms with Crippen molar-refractivity contribution in [1.82, 2.24) is 29.9 Å². The zero-order valence-electron chi connectivity index (χ0n) is 81.0. The third-order valence-corrected chi connectivity index (χ3v) is 28.6. The highest BCUT2D eigenvalue weighted by Crippen LogP contribution is 2.46. The maximum absolute atomic E-state index is 6.37. The van der Waals surface area contributed by atoms with Crippen LogP contribution in [-0.4, -0.2) is 66.5 Å². The largest absolute Gasteiger partial charge is 0.494 e. The van der Waals surface area contributed by atoms with Crippen molar-refractivity contribution in [1.29, 1.82) is 0 Å². The summed E-state index contributed by atoms with van der Waals surface area (Å²) in [5.74, 6) is 0.613. The van der Waals surface area contributed by atoms with Crippen molar-refractivity contribution in [3.05, 3.63) is 434 Å². The lowest BCUT2D eigenvalue weighted by Gasteiger charge is -2.32. The summed E-state index contributed by atoms with van der Waals surface area (Å²) in [6.45, 7) is 16.6. The second-order valence-electron chi connectivity index (χ2n) is 38.3. The zero-order chi connectivity index (χ0) is 99.5. The van der Waals surface area contributed by atoms with Gasteiger partial charge < -0.3 is 40.7 Å². The van der Waals surface area contributed by atoms with Crippen molar-refractivity contribution < 1.29 is 40.7 Å². The molecule has 2 aliphatic rings. The Morgan fingerprint density at radius 3 is 0.884 bits per heavy atom. The van der Waals surface area contributed by atoms with Gasteiger partial charge in [-0.05, 0) is 217 Å². The average molecular weight is 1960 g/mol. The fraction of sp³-hybridized carbons (Fsp3) is 0.0952. The van der Waals surface area contributed by atoms with Crippen LogP contribution in [0, 0.1) is 0 Å². The van der Waals surface area contributed by atoms with E-state index in [9.17, 15) is 0 Å². The van der Waals surface area contributed by atoms with Gasteiger partial charge in [-0.25, -0.2) is 15.0 Å². The maximum Gasteiger partial charge on any atom is 0.494 e. The maximum atomic E-state index is 6.37. The van der Waals surface area contributed by atoms with Crippen molar-refractivity contribution in [3.8, 4) is 112 Å². The van der Waals surface area contributed by atoms with E-state index in [-0.39, 0.29) is 47.2 Å². The Morgan fingerprint density at radius 1 is 0.205 bits per heavy atom. The van der Waals surface area contributed by atoms with E-state index >= 15 is 0 Å². The van der Waals surface area contributed by atoms with Gasteiger partial charge in [0.25, 0.3) is 0 Å². The molecule has 25 aromatic rings. The molecule has 10 heterocycles. The highest BCUT2D eigenvalue weighted by molar-refractivity contribution is 6.62. The Bertz CT molecular complexity index is 9230. The topological polar surface area (TPSA) is 180 Å². The van der Waals surface area contributed by atoms with Crippen LogP contribution < -0.4 is 10.9 Å². The van der Waals surface area contributed by atoms with Gasteiger partial charge in [-0.2, -0.15) is 15.0 Å². The van der Waals surface area contributed by atoms with E-state index in [2.05, 4.69) is 360 Å². The van der Waals surface area contributed by atoms with Crippen LogP contribution in [0.1, 0.15) is 55.4 Å². The smallest absolute Gasteiger partial charge is 0.455 e. The fourth-order valence-electron chi connectivity index (χ4n) is 19.1. The van der Waals surface area contributed by atoms with Crippen LogP contribution in [0.5, 0.6) is 0 Å². The summed E-state index contributed by atoms with van der Waals surface area (Å²) in [7, 11) is -0.684. The minimum atomic E-state index is -0.377. The summed E-state index contributed by atoms with van der Waals surface area (Å²) in [5, 5.41) is 10.5. The molecule has 17 aromatic carbocycles. The van der Waals surface area contributed by atoms with Gasteiger partial charge in [0.05, 0.1) is 50.0 Å². The van der Waals surface area contributed by atoms with Gasteiger partial charge in [-0.15, -0.1) is 0 Å². The SMILES string of the molecule is CC1(C)OB(c2cccc(-c3cccc(-c4cccc5c4oc4ccccc45)c3)c2)OC1(C)C.CC1(C)OB(c2cccc(-c3ccccc3)c2)OC1(C)C.Clc1nc(-c2cccc(-c3ccccc3)c2)c2c(n1)oc1ccccc12.Clc1nc(Cl)c2c(n1)oc1ccccc12.c1ccc(-c2cccc(-c3nc(-c4cccc(-c5cccc(-c6cccc7c6oc6ccccc67)c5)c4)nc4oc5ccccc5c34)c2)cc1. The molecule has 146 heavy (non-hydrogen) atoms. The lowest BCUT2D eigenvalue weighted by Crippen LogP contribution is -2.41. The number of hydrogen-bond donors (Lipinski definition) is 0. The van der Waals surface area contributed by atoms with Gasteiger partial charge in [0.2, 0.25) is 27.7 Å². The van der Waals surface area contributed by atoms with E-state index in [4.69, 9.17) is 85.5 Å². The highest BCUT2D eigenvalue weighted by atomic mass is 35.5.